The van der Waals surface area contributed by atoms with Crippen molar-refractivity contribution in [2.75, 3.05) is 5.73 Å². The van der Waals surface area contributed by atoms with Gasteiger partial charge in [0.15, 0.2) is 0 Å². The zero-order chi connectivity index (χ0) is 10.1. The number of amides is 1. The monoisotopic (exact) mass is 195 g/mol. The lowest BCUT2D eigenvalue weighted by atomic mass is 10.3. The Morgan fingerprint density at radius 2 is 2.29 bits per heavy atom. The molecule has 1 fully saturated rings. The number of hydrogen-bond donors (Lipinski definition) is 2. The van der Waals surface area contributed by atoms with Crippen LogP contribution in [0.4, 0.5) is 10.1 Å². The van der Waals surface area contributed by atoms with Gasteiger partial charge in [0.1, 0.15) is 5.69 Å². The van der Waals surface area contributed by atoms with E-state index in [-0.39, 0.29) is 23.3 Å². The highest BCUT2D eigenvalue weighted by molar-refractivity contribution is 5.92. The average molecular weight is 195 g/mol. The molecule has 74 valence electrons. The molecule has 1 aliphatic carbocycles. The predicted octanol–water partition coefficient (Wildman–Crippen LogP) is 0.695. The molecule has 1 amide bonds. The third kappa shape index (κ3) is 1.81. The first kappa shape index (κ1) is 8.93. The fourth-order valence-corrected chi connectivity index (χ4v) is 1.06. The number of rotatable bonds is 2. The summed E-state index contributed by atoms with van der Waals surface area (Å²) in [4.78, 5) is 14.8. The molecule has 1 aromatic rings. The Morgan fingerprint density at radius 3 is 2.86 bits per heavy atom. The lowest BCUT2D eigenvalue weighted by Crippen LogP contribution is -2.26. The van der Waals surface area contributed by atoms with Crippen molar-refractivity contribution in [3.8, 4) is 0 Å². The van der Waals surface area contributed by atoms with Crippen LogP contribution >= 0.6 is 0 Å². The second-order valence-electron chi connectivity index (χ2n) is 3.32. The highest BCUT2D eigenvalue weighted by atomic mass is 19.1. The zero-order valence-electron chi connectivity index (χ0n) is 7.46. The number of hydrogen-bond acceptors (Lipinski definition) is 3. The van der Waals surface area contributed by atoms with Gasteiger partial charge in [0.05, 0.1) is 5.69 Å². The summed E-state index contributed by atoms with van der Waals surface area (Å²) < 4.78 is 12.9. The second-order valence-corrected chi connectivity index (χ2v) is 3.32. The van der Waals surface area contributed by atoms with Gasteiger partial charge in [-0.1, -0.05) is 0 Å². The third-order valence-corrected chi connectivity index (χ3v) is 2.02. The first-order valence-corrected chi connectivity index (χ1v) is 4.39. The molecule has 1 heterocycles. The maximum atomic E-state index is 12.9. The first-order valence-electron chi connectivity index (χ1n) is 4.39. The van der Waals surface area contributed by atoms with Crippen LogP contribution < -0.4 is 11.1 Å². The van der Waals surface area contributed by atoms with Crippen molar-refractivity contribution in [1.82, 2.24) is 10.3 Å². The van der Waals surface area contributed by atoms with Crippen LogP contribution in [-0.2, 0) is 0 Å². The SMILES string of the molecule is Nc1ccc(C(=O)NC2CC2)nc1F. The minimum atomic E-state index is -0.798. The summed E-state index contributed by atoms with van der Waals surface area (Å²) in [5.41, 5.74) is 5.26. The van der Waals surface area contributed by atoms with Gasteiger partial charge in [-0.3, -0.25) is 4.79 Å². The molecule has 2 rings (SSSR count). The predicted molar refractivity (Wildman–Crippen MR) is 49.1 cm³/mol. The van der Waals surface area contributed by atoms with E-state index in [4.69, 9.17) is 5.73 Å². The van der Waals surface area contributed by atoms with Crippen molar-refractivity contribution < 1.29 is 9.18 Å². The van der Waals surface area contributed by atoms with Crippen LogP contribution in [0.5, 0.6) is 0 Å². The Bertz CT molecular complexity index is 376. The van der Waals surface area contributed by atoms with E-state index in [9.17, 15) is 9.18 Å². The number of aromatic nitrogens is 1. The van der Waals surface area contributed by atoms with E-state index in [0.29, 0.717) is 0 Å². The molecule has 0 atom stereocenters. The summed E-state index contributed by atoms with van der Waals surface area (Å²) in [6.07, 6.45) is 1.98. The maximum Gasteiger partial charge on any atom is 0.270 e. The lowest BCUT2D eigenvalue weighted by Gasteiger charge is -2.02. The summed E-state index contributed by atoms with van der Waals surface area (Å²) in [5, 5.41) is 2.71. The van der Waals surface area contributed by atoms with Crippen LogP contribution in [0.3, 0.4) is 0 Å². The number of carbonyl (C=O) groups excluding carboxylic acids is 1. The summed E-state index contributed by atoms with van der Waals surface area (Å²) in [5.74, 6) is -1.14. The number of halogens is 1. The van der Waals surface area contributed by atoms with Crippen molar-refractivity contribution in [2.45, 2.75) is 18.9 Å². The average Bonchev–Trinajstić information content (AvgIpc) is 2.93. The van der Waals surface area contributed by atoms with E-state index in [1.807, 2.05) is 0 Å². The molecule has 0 spiro atoms. The number of nitrogen functional groups attached to an aromatic ring is 1. The van der Waals surface area contributed by atoms with E-state index in [1.165, 1.54) is 12.1 Å². The van der Waals surface area contributed by atoms with Gasteiger partial charge >= 0.3 is 0 Å². The van der Waals surface area contributed by atoms with E-state index in [1.54, 1.807) is 0 Å². The smallest absolute Gasteiger partial charge is 0.270 e. The maximum absolute atomic E-state index is 12.9. The Labute approximate surface area is 80.3 Å². The summed E-state index contributed by atoms with van der Waals surface area (Å²) in [6, 6.07) is 2.99. The van der Waals surface area contributed by atoms with Gasteiger partial charge in [-0.25, -0.2) is 4.98 Å². The quantitative estimate of drug-likeness (QED) is 0.682. The molecular weight excluding hydrogens is 185 g/mol. The standard InChI is InChI=1S/C9H10FN3O/c10-8-6(11)3-4-7(13-8)9(14)12-5-1-2-5/h3-5H,1-2,11H2,(H,12,14). The highest BCUT2D eigenvalue weighted by Gasteiger charge is 2.24. The lowest BCUT2D eigenvalue weighted by molar-refractivity contribution is 0.0945. The van der Waals surface area contributed by atoms with Crippen LogP contribution in [0.2, 0.25) is 0 Å². The molecule has 1 saturated carbocycles. The van der Waals surface area contributed by atoms with Gasteiger partial charge in [-0.05, 0) is 25.0 Å². The molecule has 4 nitrogen and oxygen atoms in total. The van der Waals surface area contributed by atoms with E-state index in [0.717, 1.165) is 12.8 Å². The fraction of sp³-hybridized carbons (Fsp3) is 0.333. The third-order valence-electron chi connectivity index (χ3n) is 2.02. The van der Waals surface area contributed by atoms with Gasteiger partial charge in [0.25, 0.3) is 5.91 Å². The molecule has 0 unspecified atom stereocenters. The topological polar surface area (TPSA) is 68.0 Å². The molecule has 0 aromatic carbocycles. The molecule has 0 saturated heterocycles. The molecule has 1 aromatic heterocycles. The van der Waals surface area contributed by atoms with Crippen LogP contribution in [0, 0.1) is 5.95 Å². The van der Waals surface area contributed by atoms with Gasteiger partial charge in [-0.15, -0.1) is 0 Å². The van der Waals surface area contributed by atoms with Crippen LogP contribution in [0.15, 0.2) is 12.1 Å². The molecule has 0 radical (unpaired) electrons. The Balaban J connectivity index is 2.14. The minimum absolute atomic E-state index is 0.0482. The number of nitrogens with one attached hydrogen (secondary N) is 1. The van der Waals surface area contributed by atoms with Crippen LogP contribution in [0.25, 0.3) is 0 Å². The minimum Gasteiger partial charge on any atom is -0.395 e. The molecule has 0 bridgehead atoms. The largest absolute Gasteiger partial charge is 0.395 e. The number of pyridine rings is 1. The van der Waals surface area contributed by atoms with Crippen molar-refractivity contribution in [3.05, 3.63) is 23.8 Å². The Kier molecular flexibility index (Phi) is 2.07. The van der Waals surface area contributed by atoms with Crippen LogP contribution in [0.1, 0.15) is 23.3 Å². The van der Waals surface area contributed by atoms with E-state index >= 15 is 0 Å². The normalized spacial score (nSPS) is 15.2. The first-order chi connectivity index (χ1) is 6.66. The number of carbonyl (C=O) groups is 1. The van der Waals surface area contributed by atoms with Gasteiger partial charge in [0.2, 0.25) is 5.95 Å². The zero-order valence-corrected chi connectivity index (χ0v) is 7.46. The summed E-state index contributed by atoms with van der Waals surface area (Å²) in [6.45, 7) is 0. The van der Waals surface area contributed by atoms with Crippen molar-refractivity contribution in [1.29, 1.82) is 0 Å². The number of nitrogens with zero attached hydrogens (tertiary/aromatic N) is 1. The van der Waals surface area contributed by atoms with Crippen LogP contribution in [-0.4, -0.2) is 16.9 Å². The number of anilines is 1. The number of nitrogens with two attached hydrogens (primary N) is 1. The van der Waals surface area contributed by atoms with Gasteiger partial charge in [0, 0.05) is 6.04 Å². The summed E-state index contributed by atoms with van der Waals surface area (Å²) >= 11 is 0. The van der Waals surface area contributed by atoms with E-state index in [2.05, 4.69) is 10.3 Å². The highest BCUT2D eigenvalue weighted by Crippen LogP contribution is 2.19. The van der Waals surface area contributed by atoms with Gasteiger partial charge in [-0.2, -0.15) is 4.39 Å². The molecule has 14 heavy (non-hydrogen) atoms. The fourth-order valence-electron chi connectivity index (χ4n) is 1.06. The molecule has 0 aliphatic heterocycles. The Morgan fingerprint density at radius 1 is 1.57 bits per heavy atom. The molecule has 1 aliphatic rings. The molecular formula is C9H10FN3O. The summed E-state index contributed by atoms with van der Waals surface area (Å²) in [7, 11) is 0. The van der Waals surface area contributed by atoms with Crippen molar-refractivity contribution >= 4 is 11.6 Å². The molecule has 5 heteroatoms. The van der Waals surface area contributed by atoms with Crippen molar-refractivity contribution in [2.24, 2.45) is 0 Å². The van der Waals surface area contributed by atoms with E-state index < -0.39 is 5.95 Å². The van der Waals surface area contributed by atoms with Gasteiger partial charge < -0.3 is 11.1 Å². The molecule has 3 N–H and O–H groups in total. The Hall–Kier alpha value is -1.65. The van der Waals surface area contributed by atoms with Crippen molar-refractivity contribution in [3.63, 3.8) is 0 Å². The second kappa shape index (κ2) is 3.25.